The Balaban J connectivity index is 2.47. The number of urea groups is 1. The standard InChI is InChI=1S/C19H25ClN2O5/c1-9-14(17(24)27-10(2)19(3,4)5)15(22-18(25)21-9)11-7-12(20)16(23)13(8-11)26-6/h7-8,10,15,23H,1-6H3,(H2,21,22,25)/t10-,15+/m0/s1. The molecule has 1 aromatic carbocycles. The molecule has 2 rings (SSSR count). The lowest BCUT2D eigenvalue weighted by Gasteiger charge is -2.32. The number of aromatic hydroxyl groups is 1. The summed E-state index contributed by atoms with van der Waals surface area (Å²) < 4.78 is 10.7. The molecule has 0 aliphatic carbocycles. The van der Waals surface area contributed by atoms with Crippen molar-refractivity contribution in [2.45, 2.75) is 46.8 Å². The van der Waals surface area contributed by atoms with Crippen molar-refractivity contribution in [1.29, 1.82) is 0 Å². The Bertz CT molecular complexity index is 798. The summed E-state index contributed by atoms with van der Waals surface area (Å²) in [6.45, 7) is 9.35. The van der Waals surface area contributed by atoms with E-state index >= 15 is 0 Å². The first-order chi connectivity index (χ1) is 12.5. The number of hydrogen-bond acceptors (Lipinski definition) is 5. The van der Waals surface area contributed by atoms with Crippen LogP contribution < -0.4 is 15.4 Å². The van der Waals surface area contributed by atoms with Gasteiger partial charge in [-0.25, -0.2) is 9.59 Å². The average molecular weight is 397 g/mol. The number of carbonyl (C=O) groups excluding carboxylic acids is 2. The normalized spacial score (nSPS) is 18.5. The third-order valence-corrected chi connectivity index (χ3v) is 4.88. The Kier molecular flexibility index (Phi) is 5.94. The van der Waals surface area contributed by atoms with Crippen LogP contribution in [0.5, 0.6) is 11.5 Å². The summed E-state index contributed by atoms with van der Waals surface area (Å²) in [6.07, 6.45) is -0.346. The molecule has 1 heterocycles. The number of halogens is 1. The van der Waals surface area contributed by atoms with Crippen molar-refractivity contribution in [3.8, 4) is 11.5 Å². The highest BCUT2D eigenvalue weighted by molar-refractivity contribution is 6.32. The van der Waals surface area contributed by atoms with Crippen LogP contribution in [-0.4, -0.2) is 30.3 Å². The van der Waals surface area contributed by atoms with Crippen LogP contribution in [0.2, 0.25) is 5.02 Å². The van der Waals surface area contributed by atoms with Gasteiger partial charge in [-0.1, -0.05) is 32.4 Å². The van der Waals surface area contributed by atoms with Crippen molar-refractivity contribution in [3.05, 3.63) is 34.0 Å². The molecule has 27 heavy (non-hydrogen) atoms. The molecule has 7 nitrogen and oxygen atoms in total. The zero-order valence-corrected chi connectivity index (χ0v) is 17.0. The molecule has 0 aromatic heterocycles. The van der Waals surface area contributed by atoms with Gasteiger partial charge in [-0.15, -0.1) is 0 Å². The molecule has 1 aliphatic rings. The fourth-order valence-corrected chi connectivity index (χ4v) is 2.75. The van der Waals surface area contributed by atoms with Gasteiger partial charge in [0.15, 0.2) is 11.5 Å². The van der Waals surface area contributed by atoms with Gasteiger partial charge in [-0.05, 0) is 37.0 Å². The number of phenols is 1. The largest absolute Gasteiger partial charge is 0.503 e. The number of benzene rings is 1. The van der Waals surface area contributed by atoms with Crippen LogP contribution in [-0.2, 0) is 9.53 Å². The highest BCUT2D eigenvalue weighted by atomic mass is 35.5. The number of carbonyl (C=O) groups is 2. The van der Waals surface area contributed by atoms with Gasteiger partial charge < -0.3 is 25.2 Å². The molecule has 0 fully saturated rings. The molecule has 0 bridgehead atoms. The van der Waals surface area contributed by atoms with E-state index in [9.17, 15) is 14.7 Å². The highest BCUT2D eigenvalue weighted by Crippen LogP contribution is 2.39. The second kappa shape index (κ2) is 7.68. The van der Waals surface area contributed by atoms with E-state index < -0.39 is 18.0 Å². The molecular weight excluding hydrogens is 372 g/mol. The topological polar surface area (TPSA) is 96.9 Å². The van der Waals surface area contributed by atoms with Crippen molar-refractivity contribution in [2.24, 2.45) is 5.41 Å². The number of hydrogen-bond donors (Lipinski definition) is 3. The summed E-state index contributed by atoms with van der Waals surface area (Å²) in [5.41, 5.74) is 0.891. The Morgan fingerprint density at radius 1 is 1.33 bits per heavy atom. The monoisotopic (exact) mass is 396 g/mol. The molecule has 0 saturated carbocycles. The highest BCUT2D eigenvalue weighted by Gasteiger charge is 2.35. The van der Waals surface area contributed by atoms with Crippen molar-refractivity contribution >= 4 is 23.6 Å². The maximum absolute atomic E-state index is 12.9. The summed E-state index contributed by atoms with van der Waals surface area (Å²) in [5.74, 6) is -0.622. The molecule has 3 N–H and O–H groups in total. The number of nitrogens with one attached hydrogen (secondary N) is 2. The first-order valence-corrected chi connectivity index (χ1v) is 8.89. The predicted octanol–water partition coefficient (Wildman–Crippen LogP) is 3.66. The maximum Gasteiger partial charge on any atom is 0.338 e. The van der Waals surface area contributed by atoms with E-state index in [4.69, 9.17) is 21.1 Å². The first-order valence-electron chi connectivity index (χ1n) is 8.51. The quantitative estimate of drug-likeness (QED) is 0.675. The Morgan fingerprint density at radius 3 is 2.52 bits per heavy atom. The van der Waals surface area contributed by atoms with Gasteiger partial charge in [0.25, 0.3) is 0 Å². The summed E-state index contributed by atoms with van der Waals surface area (Å²) in [4.78, 5) is 24.9. The van der Waals surface area contributed by atoms with E-state index in [1.807, 2.05) is 27.7 Å². The summed E-state index contributed by atoms with van der Waals surface area (Å²) in [5, 5.41) is 15.3. The van der Waals surface area contributed by atoms with E-state index in [0.717, 1.165) is 0 Å². The molecular formula is C19H25ClN2O5. The maximum atomic E-state index is 12.9. The zero-order valence-electron chi connectivity index (χ0n) is 16.3. The van der Waals surface area contributed by atoms with Gasteiger partial charge in [-0.3, -0.25) is 0 Å². The summed E-state index contributed by atoms with van der Waals surface area (Å²) in [7, 11) is 1.39. The van der Waals surface area contributed by atoms with Crippen molar-refractivity contribution < 1.29 is 24.2 Å². The predicted molar refractivity (Wildman–Crippen MR) is 102 cm³/mol. The molecule has 0 unspecified atom stereocenters. The Morgan fingerprint density at radius 2 is 1.96 bits per heavy atom. The SMILES string of the molecule is COc1cc([C@H]2NC(=O)NC(C)=C2C(=O)O[C@@H](C)C(C)(C)C)cc(Cl)c1O. The van der Waals surface area contributed by atoms with Crippen molar-refractivity contribution in [3.63, 3.8) is 0 Å². The van der Waals surface area contributed by atoms with Crippen molar-refractivity contribution in [2.75, 3.05) is 7.11 Å². The molecule has 0 radical (unpaired) electrons. The lowest BCUT2D eigenvalue weighted by Crippen LogP contribution is -2.46. The number of amides is 2. The fraction of sp³-hybridized carbons (Fsp3) is 0.474. The second-order valence-corrected chi connectivity index (χ2v) is 7.94. The van der Waals surface area contributed by atoms with E-state index in [0.29, 0.717) is 11.3 Å². The number of methoxy groups -OCH3 is 1. The molecule has 2 atom stereocenters. The van der Waals surface area contributed by atoms with Gasteiger partial charge in [0.2, 0.25) is 0 Å². The third-order valence-electron chi connectivity index (χ3n) is 4.60. The van der Waals surface area contributed by atoms with Gasteiger partial charge in [0, 0.05) is 5.70 Å². The van der Waals surface area contributed by atoms with E-state index in [-0.39, 0.29) is 33.6 Å². The van der Waals surface area contributed by atoms with Crippen LogP contribution in [0.4, 0.5) is 4.79 Å². The average Bonchev–Trinajstić information content (AvgIpc) is 2.55. The Labute approximate surface area is 163 Å². The number of rotatable bonds is 4. The van der Waals surface area contributed by atoms with Gasteiger partial charge in [-0.2, -0.15) is 0 Å². The minimum Gasteiger partial charge on any atom is -0.503 e. The van der Waals surface area contributed by atoms with Crippen LogP contribution in [0.15, 0.2) is 23.4 Å². The minimum absolute atomic E-state index is 0.0468. The number of phenolic OH excluding ortho intramolecular Hbond substituents is 1. The molecule has 1 aliphatic heterocycles. The molecule has 1 aromatic rings. The lowest BCUT2D eigenvalue weighted by atomic mass is 9.90. The molecule has 0 spiro atoms. The van der Waals surface area contributed by atoms with Crippen LogP contribution >= 0.6 is 11.6 Å². The molecule has 0 saturated heterocycles. The summed E-state index contributed by atoms with van der Waals surface area (Å²) in [6, 6.07) is 1.74. The lowest BCUT2D eigenvalue weighted by molar-refractivity contribution is -0.149. The molecule has 148 valence electrons. The van der Waals surface area contributed by atoms with Gasteiger partial charge in [0.05, 0.1) is 23.7 Å². The van der Waals surface area contributed by atoms with Crippen molar-refractivity contribution in [1.82, 2.24) is 10.6 Å². The zero-order chi connectivity index (χ0) is 20.5. The first kappa shape index (κ1) is 20.9. The van der Waals surface area contributed by atoms with Crippen LogP contribution in [0.3, 0.4) is 0 Å². The number of ether oxygens (including phenoxy) is 2. The van der Waals surface area contributed by atoms with Crippen LogP contribution in [0.1, 0.15) is 46.2 Å². The number of allylic oxidation sites excluding steroid dienone is 1. The smallest absolute Gasteiger partial charge is 0.338 e. The van der Waals surface area contributed by atoms with E-state index in [1.165, 1.54) is 19.2 Å². The van der Waals surface area contributed by atoms with Gasteiger partial charge >= 0.3 is 12.0 Å². The summed E-state index contributed by atoms with van der Waals surface area (Å²) >= 11 is 6.07. The minimum atomic E-state index is -0.801. The van der Waals surface area contributed by atoms with E-state index in [2.05, 4.69) is 10.6 Å². The van der Waals surface area contributed by atoms with Gasteiger partial charge in [0.1, 0.15) is 6.10 Å². The molecule has 2 amide bonds. The molecule has 8 heteroatoms. The van der Waals surface area contributed by atoms with Crippen LogP contribution in [0.25, 0.3) is 0 Å². The number of esters is 1. The van der Waals surface area contributed by atoms with E-state index in [1.54, 1.807) is 6.92 Å². The Hall–Kier alpha value is -2.41. The third kappa shape index (κ3) is 4.47. The second-order valence-electron chi connectivity index (χ2n) is 7.54. The fourth-order valence-electron chi connectivity index (χ4n) is 2.53. The van der Waals surface area contributed by atoms with Crippen LogP contribution in [0, 0.1) is 5.41 Å².